The lowest BCUT2D eigenvalue weighted by molar-refractivity contribution is -0.139. The topological polar surface area (TPSA) is 83.9 Å². The minimum atomic E-state index is -0.493. The number of ether oxygens (including phenoxy) is 1. The number of nitrogens with zero attached hydrogens (tertiary/aromatic N) is 3. The second-order valence-electron chi connectivity index (χ2n) is 8.91. The minimum Gasteiger partial charge on any atom is -0.463 e. The van der Waals surface area contributed by atoms with E-state index in [1.165, 1.54) is 11.8 Å². The van der Waals surface area contributed by atoms with Crippen molar-refractivity contribution >= 4 is 34.5 Å². The molecule has 0 saturated carbocycles. The summed E-state index contributed by atoms with van der Waals surface area (Å²) in [6, 6.07) is 20.9. The maximum Gasteiger partial charge on any atom is 0.338 e. The van der Waals surface area contributed by atoms with Crippen molar-refractivity contribution in [2.45, 2.75) is 32.9 Å². The molecule has 0 aliphatic carbocycles. The van der Waals surface area contributed by atoms with Crippen molar-refractivity contribution in [3.05, 3.63) is 118 Å². The number of esters is 1. The van der Waals surface area contributed by atoms with Gasteiger partial charge in [-0.25, -0.2) is 9.79 Å². The van der Waals surface area contributed by atoms with Crippen LogP contribution in [-0.2, 0) is 20.9 Å². The summed E-state index contributed by atoms with van der Waals surface area (Å²) < 4.78 is 5.57. The highest BCUT2D eigenvalue weighted by Crippen LogP contribution is 2.47. The molecule has 1 atom stereocenters. The monoisotopic (exact) mass is 524 g/mol. The zero-order chi connectivity index (χ0) is 26.5. The summed E-state index contributed by atoms with van der Waals surface area (Å²) in [5.74, 6) is -0.533. The van der Waals surface area contributed by atoms with Crippen LogP contribution in [0.3, 0.4) is 0 Å². The van der Waals surface area contributed by atoms with Gasteiger partial charge in [0, 0.05) is 30.2 Å². The summed E-state index contributed by atoms with van der Waals surface area (Å²) in [5, 5.41) is 5.66. The maximum atomic E-state index is 13.6. The Hall–Kier alpha value is -4.17. The maximum absolute atomic E-state index is 13.6. The molecule has 0 fully saturated rings. The van der Waals surface area contributed by atoms with Crippen molar-refractivity contribution in [3.63, 3.8) is 0 Å². The summed E-state index contributed by atoms with van der Waals surface area (Å²) in [4.78, 5) is 37.6. The average Bonchev–Trinajstić information content (AvgIpc) is 3.34. The van der Waals surface area contributed by atoms with Crippen LogP contribution in [0.2, 0.25) is 0 Å². The molecule has 2 aliphatic rings. The number of hydrogen-bond donors (Lipinski definition) is 1. The number of aryl methyl sites for hydroxylation is 1. The third kappa shape index (κ3) is 5.26. The lowest BCUT2D eigenvalue weighted by Gasteiger charge is -2.37. The number of amidine groups is 1. The van der Waals surface area contributed by atoms with Crippen molar-refractivity contribution in [3.8, 4) is 0 Å². The van der Waals surface area contributed by atoms with Crippen LogP contribution in [0.15, 0.2) is 101 Å². The lowest BCUT2D eigenvalue weighted by atomic mass is 9.89. The van der Waals surface area contributed by atoms with E-state index in [1.807, 2.05) is 84.0 Å². The number of fused-ring (bicyclic) bond motifs is 1. The Labute approximate surface area is 226 Å². The second-order valence-corrected chi connectivity index (χ2v) is 9.74. The highest BCUT2D eigenvalue weighted by molar-refractivity contribution is 8.16. The molecule has 0 radical (unpaired) electrons. The van der Waals surface area contributed by atoms with Gasteiger partial charge >= 0.3 is 5.97 Å². The van der Waals surface area contributed by atoms with E-state index in [4.69, 9.17) is 9.73 Å². The summed E-state index contributed by atoms with van der Waals surface area (Å²) in [6.45, 7) is 4.48. The largest absolute Gasteiger partial charge is 0.463 e. The van der Waals surface area contributed by atoms with Crippen LogP contribution in [0.4, 0.5) is 0 Å². The first-order chi connectivity index (χ1) is 18.6. The zero-order valence-electron chi connectivity index (χ0n) is 21.3. The summed E-state index contributed by atoms with van der Waals surface area (Å²) >= 11 is 1.46. The number of aromatic nitrogens is 1. The van der Waals surface area contributed by atoms with E-state index in [9.17, 15) is 9.59 Å². The normalized spacial score (nSPS) is 16.5. The predicted molar refractivity (Wildman–Crippen MR) is 150 cm³/mol. The number of benzene rings is 2. The summed E-state index contributed by atoms with van der Waals surface area (Å²) in [7, 11) is 0. The van der Waals surface area contributed by atoms with Crippen LogP contribution < -0.4 is 5.32 Å². The molecule has 3 heterocycles. The number of rotatable bonds is 8. The van der Waals surface area contributed by atoms with Gasteiger partial charge in [0.15, 0.2) is 5.17 Å². The first kappa shape index (κ1) is 25.5. The van der Waals surface area contributed by atoms with Crippen molar-refractivity contribution in [1.82, 2.24) is 15.2 Å². The number of aliphatic imine (C=N–C) groups is 1. The molecule has 192 valence electrons. The number of nitrogens with one attached hydrogen (secondary N) is 1. The van der Waals surface area contributed by atoms with Gasteiger partial charge in [0.1, 0.15) is 0 Å². The van der Waals surface area contributed by atoms with E-state index in [1.54, 1.807) is 19.3 Å². The second kappa shape index (κ2) is 11.5. The van der Waals surface area contributed by atoms with E-state index < -0.39 is 12.0 Å². The molecule has 2 aromatic carbocycles. The van der Waals surface area contributed by atoms with E-state index in [2.05, 4.69) is 10.3 Å². The van der Waals surface area contributed by atoms with Crippen LogP contribution in [0.5, 0.6) is 0 Å². The average molecular weight is 525 g/mol. The van der Waals surface area contributed by atoms with Gasteiger partial charge in [-0.15, -0.1) is 0 Å². The number of carbonyl (C=O) groups is 2. The predicted octanol–water partition coefficient (Wildman–Crippen LogP) is 5.37. The molecule has 8 heteroatoms. The molecular weight excluding hydrogens is 496 g/mol. The Kier molecular flexibility index (Phi) is 7.70. The molecule has 1 aromatic heterocycles. The van der Waals surface area contributed by atoms with Crippen molar-refractivity contribution in [2.24, 2.45) is 4.99 Å². The summed E-state index contributed by atoms with van der Waals surface area (Å²) in [5.41, 5.74) is 5.64. The molecule has 1 N–H and O–H groups in total. The first-order valence-corrected chi connectivity index (χ1v) is 13.4. The SMILES string of the molecule is CCOC(=O)C1=C(c2ccccc2)N=C2SC=C(CC(=O)NCc3ccncc3)N2C1c1ccccc1C. The Morgan fingerprint density at radius 2 is 1.76 bits per heavy atom. The fraction of sp³-hybridized carbons (Fsp3) is 0.200. The van der Waals surface area contributed by atoms with Crippen molar-refractivity contribution in [2.75, 3.05) is 6.61 Å². The fourth-order valence-electron chi connectivity index (χ4n) is 4.60. The Balaban J connectivity index is 1.54. The standard InChI is InChI=1S/C30H28N4O3S/c1-3-37-29(36)26-27(22-10-5-4-6-11-22)33-30-34(28(26)24-12-8-7-9-20(24)2)23(19-38-30)17-25(35)32-18-21-13-15-31-16-14-21/h4-16,19,28H,3,17-18H2,1-2H3,(H,32,35). The highest BCUT2D eigenvalue weighted by atomic mass is 32.2. The van der Waals surface area contributed by atoms with E-state index in [-0.39, 0.29) is 18.9 Å². The van der Waals surface area contributed by atoms with Gasteiger partial charge < -0.3 is 15.0 Å². The minimum absolute atomic E-state index is 0.117. The van der Waals surface area contributed by atoms with Crippen molar-refractivity contribution < 1.29 is 14.3 Å². The molecule has 1 amide bonds. The number of hydrogen-bond acceptors (Lipinski definition) is 7. The number of pyridine rings is 1. The zero-order valence-corrected chi connectivity index (χ0v) is 22.1. The molecule has 2 aliphatic heterocycles. The van der Waals surface area contributed by atoms with E-state index >= 15 is 0 Å². The third-order valence-corrected chi connectivity index (χ3v) is 7.31. The number of amides is 1. The van der Waals surface area contributed by atoms with Gasteiger partial charge in [-0.3, -0.25) is 9.78 Å². The van der Waals surface area contributed by atoms with Crippen LogP contribution in [-0.4, -0.2) is 33.5 Å². The van der Waals surface area contributed by atoms with Crippen LogP contribution in [0.25, 0.3) is 5.70 Å². The molecule has 0 spiro atoms. The van der Waals surface area contributed by atoms with Gasteiger partial charge in [-0.05, 0) is 48.1 Å². The summed E-state index contributed by atoms with van der Waals surface area (Å²) in [6.07, 6.45) is 3.55. The quantitative estimate of drug-likeness (QED) is 0.399. The van der Waals surface area contributed by atoms with E-state index in [0.717, 1.165) is 33.1 Å². The fourth-order valence-corrected chi connectivity index (χ4v) is 5.52. The lowest BCUT2D eigenvalue weighted by Crippen LogP contribution is -2.38. The van der Waals surface area contributed by atoms with Crippen LogP contribution >= 0.6 is 11.8 Å². The number of thioether (sulfide) groups is 1. The Morgan fingerprint density at radius 3 is 2.50 bits per heavy atom. The molecule has 1 unspecified atom stereocenters. The molecule has 38 heavy (non-hydrogen) atoms. The number of carbonyl (C=O) groups excluding carboxylic acids is 2. The Bertz CT molecular complexity index is 1430. The van der Waals surface area contributed by atoms with Gasteiger partial charge in [0.25, 0.3) is 0 Å². The third-order valence-electron chi connectivity index (χ3n) is 6.42. The molecular formula is C30H28N4O3S. The smallest absolute Gasteiger partial charge is 0.338 e. The van der Waals surface area contributed by atoms with Crippen LogP contribution in [0, 0.1) is 6.92 Å². The molecule has 0 bridgehead atoms. The molecule has 5 rings (SSSR count). The molecule has 3 aromatic rings. The first-order valence-electron chi connectivity index (χ1n) is 12.5. The van der Waals surface area contributed by atoms with Gasteiger partial charge in [0.2, 0.25) is 5.91 Å². The van der Waals surface area contributed by atoms with E-state index in [0.29, 0.717) is 17.8 Å². The molecule has 0 saturated heterocycles. The van der Waals surface area contributed by atoms with Gasteiger partial charge in [-0.1, -0.05) is 66.4 Å². The highest BCUT2D eigenvalue weighted by Gasteiger charge is 2.42. The van der Waals surface area contributed by atoms with Gasteiger partial charge in [0.05, 0.1) is 30.3 Å². The van der Waals surface area contributed by atoms with Crippen LogP contribution in [0.1, 0.15) is 41.6 Å². The van der Waals surface area contributed by atoms with Gasteiger partial charge in [-0.2, -0.15) is 0 Å². The molecule has 7 nitrogen and oxygen atoms in total. The Morgan fingerprint density at radius 1 is 1.03 bits per heavy atom. The van der Waals surface area contributed by atoms with Crippen molar-refractivity contribution in [1.29, 1.82) is 0 Å².